The molecule has 0 unspecified atom stereocenters. The molecule has 0 saturated heterocycles. The molecule has 1 amide bonds. The average molecular weight is 340 g/mol. The number of carbonyl (C=O) groups is 1. The van der Waals surface area contributed by atoms with Crippen molar-refractivity contribution in [2.24, 2.45) is 11.1 Å². The van der Waals surface area contributed by atoms with Crippen LogP contribution in [0.4, 0.5) is 8.78 Å². The minimum Gasteiger partial charge on any atom is -0.434 e. The van der Waals surface area contributed by atoms with Gasteiger partial charge in [0.15, 0.2) is 6.61 Å². The Hall–Kier alpha value is -2.18. The van der Waals surface area contributed by atoms with Crippen LogP contribution in [-0.2, 0) is 9.63 Å². The van der Waals surface area contributed by atoms with Crippen LogP contribution in [-0.4, -0.2) is 31.4 Å². The molecule has 1 aromatic rings. The van der Waals surface area contributed by atoms with Crippen LogP contribution in [0.5, 0.6) is 5.75 Å². The third-order valence-electron chi connectivity index (χ3n) is 3.98. The minimum atomic E-state index is -2.91. The summed E-state index contributed by atoms with van der Waals surface area (Å²) in [6.45, 7) is -0.907. The van der Waals surface area contributed by atoms with Gasteiger partial charge in [0, 0.05) is 11.6 Å². The Morgan fingerprint density at radius 1 is 1.33 bits per heavy atom. The van der Waals surface area contributed by atoms with Crippen LogP contribution < -0.4 is 10.1 Å². The van der Waals surface area contributed by atoms with Crippen LogP contribution in [0.25, 0.3) is 0 Å². The lowest BCUT2D eigenvalue weighted by Gasteiger charge is -2.26. The molecule has 2 rings (SSSR count). The molecule has 1 aliphatic rings. The number of nitrogens with one attached hydrogen (secondary N) is 1. The van der Waals surface area contributed by atoms with Crippen molar-refractivity contribution < 1.29 is 23.1 Å². The van der Waals surface area contributed by atoms with Crippen LogP contribution in [0.15, 0.2) is 29.4 Å². The molecule has 1 aromatic carbocycles. The van der Waals surface area contributed by atoms with E-state index >= 15 is 0 Å². The minimum absolute atomic E-state index is 0.000581. The third-order valence-corrected chi connectivity index (χ3v) is 3.98. The first-order valence-corrected chi connectivity index (χ1v) is 8.03. The van der Waals surface area contributed by atoms with Gasteiger partial charge in [-0.05, 0) is 43.7 Å². The van der Waals surface area contributed by atoms with Crippen molar-refractivity contribution in [1.82, 2.24) is 5.32 Å². The fraction of sp³-hybridized carbons (Fsp3) is 0.529. The number of nitrogens with zero attached hydrogens (tertiary/aromatic N) is 1. The molecule has 0 radical (unpaired) electrons. The van der Waals surface area contributed by atoms with E-state index in [0.29, 0.717) is 5.56 Å². The van der Waals surface area contributed by atoms with Gasteiger partial charge in [-0.15, -0.1) is 0 Å². The van der Waals surface area contributed by atoms with Gasteiger partial charge in [-0.1, -0.05) is 24.2 Å². The van der Waals surface area contributed by atoms with Gasteiger partial charge in [0.2, 0.25) is 0 Å². The van der Waals surface area contributed by atoms with Gasteiger partial charge in [0.1, 0.15) is 5.75 Å². The summed E-state index contributed by atoms with van der Waals surface area (Å²) in [4.78, 5) is 16.7. The molecule has 0 spiro atoms. The van der Waals surface area contributed by atoms with Crippen molar-refractivity contribution in [3.05, 3.63) is 29.8 Å². The lowest BCUT2D eigenvalue weighted by Crippen LogP contribution is -2.39. The molecule has 1 N–H and O–H groups in total. The number of carbonyl (C=O) groups excluding carboxylic acids is 1. The first-order valence-electron chi connectivity index (χ1n) is 8.03. The number of benzene rings is 1. The Balaban J connectivity index is 1.75. The second kappa shape index (κ2) is 9.20. The second-order valence-corrected chi connectivity index (χ2v) is 5.95. The van der Waals surface area contributed by atoms with Crippen LogP contribution >= 0.6 is 0 Å². The lowest BCUT2D eigenvalue weighted by atomic mass is 9.87. The van der Waals surface area contributed by atoms with Gasteiger partial charge in [-0.3, -0.25) is 4.79 Å². The quantitative estimate of drug-likeness (QED) is 0.612. The van der Waals surface area contributed by atoms with E-state index in [2.05, 4.69) is 22.1 Å². The number of rotatable bonds is 7. The van der Waals surface area contributed by atoms with Gasteiger partial charge in [-0.2, -0.15) is 8.78 Å². The Labute approximate surface area is 140 Å². The number of halogens is 2. The third kappa shape index (κ3) is 6.14. The number of hydrogen-bond donors (Lipinski definition) is 1. The molecule has 0 heterocycles. The van der Waals surface area contributed by atoms with E-state index in [0.717, 1.165) is 31.6 Å². The van der Waals surface area contributed by atoms with E-state index in [9.17, 15) is 13.6 Å². The monoisotopic (exact) mass is 340 g/mol. The van der Waals surface area contributed by atoms with E-state index < -0.39 is 6.61 Å². The Bertz CT molecular complexity index is 559. The predicted octanol–water partition coefficient (Wildman–Crippen LogP) is 3.33. The number of para-hydroxylation sites is 1. The second-order valence-electron chi connectivity index (χ2n) is 5.95. The van der Waals surface area contributed by atoms with Crippen LogP contribution in [0.2, 0.25) is 0 Å². The molecule has 0 aromatic heterocycles. The zero-order valence-electron chi connectivity index (χ0n) is 13.6. The maximum absolute atomic E-state index is 12.3. The number of oxime groups is 1. The molecule has 1 aliphatic carbocycles. The highest BCUT2D eigenvalue weighted by molar-refractivity contribution is 5.83. The van der Waals surface area contributed by atoms with E-state index in [1.165, 1.54) is 12.3 Å². The number of ether oxygens (including phenoxy) is 1. The van der Waals surface area contributed by atoms with Crippen molar-refractivity contribution in [2.75, 3.05) is 6.61 Å². The highest BCUT2D eigenvalue weighted by Crippen LogP contribution is 2.23. The maximum atomic E-state index is 12.3. The highest BCUT2D eigenvalue weighted by Gasteiger charge is 2.19. The van der Waals surface area contributed by atoms with Crippen molar-refractivity contribution in [1.29, 1.82) is 0 Å². The van der Waals surface area contributed by atoms with E-state index in [-0.39, 0.29) is 24.3 Å². The first-order chi connectivity index (χ1) is 11.5. The summed E-state index contributed by atoms with van der Waals surface area (Å²) in [6, 6.07) is 6.41. The first kappa shape index (κ1) is 18.2. The Morgan fingerprint density at radius 3 is 2.75 bits per heavy atom. The summed E-state index contributed by atoms with van der Waals surface area (Å²) >= 11 is 0. The van der Waals surface area contributed by atoms with E-state index in [4.69, 9.17) is 4.84 Å². The molecular formula is C17H22F2N2O3. The smallest absolute Gasteiger partial charge is 0.387 e. The maximum Gasteiger partial charge on any atom is 0.387 e. The molecule has 5 nitrogen and oxygen atoms in total. The molecule has 1 fully saturated rings. The predicted molar refractivity (Wildman–Crippen MR) is 86.2 cm³/mol. The van der Waals surface area contributed by atoms with Crippen LogP contribution in [0.3, 0.4) is 0 Å². The molecule has 7 heteroatoms. The van der Waals surface area contributed by atoms with Crippen molar-refractivity contribution in [3.8, 4) is 5.75 Å². The van der Waals surface area contributed by atoms with Gasteiger partial charge >= 0.3 is 6.61 Å². The standard InChI is InChI=1S/C17H22F2N2O3/c1-12-6-8-14(9-7-12)21-16(22)11-23-20-10-13-4-2-3-5-15(13)24-17(18)19/h2-5,10,12,14,17H,6-9,11H2,1H3,(H,21,22)/b20-10+. The number of alkyl halides is 2. The molecule has 1 saturated carbocycles. The Kier molecular flexibility index (Phi) is 6.96. The van der Waals surface area contributed by atoms with Crippen LogP contribution in [0.1, 0.15) is 38.2 Å². The topological polar surface area (TPSA) is 59.9 Å². The van der Waals surface area contributed by atoms with Crippen molar-refractivity contribution in [3.63, 3.8) is 0 Å². The summed E-state index contributed by atoms with van der Waals surface area (Å²) in [5.74, 6) is 0.485. The summed E-state index contributed by atoms with van der Waals surface area (Å²) in [7, 11) is 0. The number of amides is 1. The van der Waals surface area contributed by atoms with Crippen molar-refractivity contribution in [2.45, 2.75) is 45.3 Å². The summed E-state index contributed by atoms with van der Waals surface area (Å²) in [5, 5.41) is 6.56. The zero-order valence-corrected chi connectivity index (χ0v) is 13.6. The summed E-state index contributed by atoms with van der Waals surface area (Å²) in [6.07, 6.45) is 5.44. The molecule has 0 atom stereocenters. The SMILES string of the molecule is CC1CCC(NC(=O)CO/N=C/c2ccccc2OC(F)F)CC1. The Morgan fingerprint density at radius 2 is 2.04 bits per heavy atom. The fourth-order valence-electron chi connectivity index (χ4n) is 2.65. The van der Waals surface area contributed by atoms with E-state index in [1.54, 1.807) is 18.2 Å². The zero-order chi connectivity index (χ0) is 17.4. The normalized spacial score (nSPS) is 21.0. The highest BCUT2D eigenvalue weighted by atomic mass is 19.3. The largest absolute Gasteiger partial charge is 0.434 e. The summed E-state index contributed by atoms with van der Waals surface area (Å²) in [5.41, 5.74) is 0.347. The van der Waals surface area contributed by atoms with Gasteiger partial charge in [-0.25, -0.2) is 0 Å². The average Bonchev–Trinajstić information content (AvgIpc) is 2.55. The van der Waals surface area contributed by atoms with Gasteiger partial charge < -0.3 is 14.9 Å². The fourth-order valence-corrected chi connectivity index (χ4v) is 2.65. The lowest BCUT2D eigenvalue weighted by molar-refractivity contribution is -0.126. The molecule has 0 aliphatic heterocycles. The molecule has 24 heavy (non-hydrogen) atoms. The molecule has 132 valence electrons. The molecular weight excluding hydrogens is 318 g/mol. The summed E-state index contributed by atoms with van der Waals surface area (Å²) < 4.78 is 29.0. The van der Waals surface area contributed by atoms with Crippen molar-refractivity contribution >= 4 is 12.1 Å². The van der Waals surface area contributed by atoms with Crippen LogP contribution in [0, 0.1) is 5.92 Å². The van der Waals surface area contributed by atoms with Gasteiger partial charge in [0.05, 0.1) is 6.21 Å². The molecule has 0 bridgehead atoms. The van der Waals surface area contributed by atoms with E-state index in [1.807, 2.05) is 0 Å². The number of hydrogen-bond acceptors (Lipinski definition) is 4. The van der Waals surface area contributed by atoms with Gasteiger partial charge in [0.25, 0.3) is 5.91 Å².